The number of amides is 3. The summed E-state index contributed by atoms with van der Waals surface area (Å²) >= 11 is 0. The van der Waals surface area contributed by atoms with Crippen LogP contribution < -0.4 is 10.2 Å². The second-order valence-corrected chi connectivity index (χ2v) is 6.52. The molecule has 0 unspecified atom stereocenters. The SMILES string of the molecule is O=C(NCCn1cc([N+](=O)[O-])cn1)c1cccc(N2C(=O)c3ccccc3C2=O)c1. The third-order valence-electron chi connectivity index (χ3n) is 4.62. The summed E-state index contributed by atoms with van der Waals surface area (Å²) in [6.45, 7) is 0.437. The molecule has 0 saturated heterocycles. The molecule has 0 saturated carbocycles. The first-order chi connectivity index (χ1) is 14.5. The molecule has 0 bridgehead atoms. The van der Waals surface area contributed by atoms with Gasteiger partial charge in [0.05, 0.1) is 28.3 Å². The van der Waals surface area contributed by atoms with Crippen molar-refractivity contribution in [2.24, 2.45) is 0 Å². The minimum absolute atomic E-state index is 0.130. The molecule has 4 rings (SSSR count). The summed E-state index contributed by atoms with van der Waals surface area (Å²) in [5.41, 5.74) is 1.10. The number of imide groups is 1. The Kier molecular flexibility index (Phi) is 4.80. The quantitative estimate of drug-likeness (QED) is 0.380. The molecule has 10 nitrogen and oxygen atoms in total. The van der Waals surface area contributed by atoms with Crippen LogP contribution in [-0.2, 0) is 6.54 Å². The maximum Gasteiger partial charge on any atom is 0.306 e. The molecule has 0 radical (unpaired) electrons. The molecule has 1 aliphatic heterocycles. The molecule has 1 aliphatic rings. The van der Waals surface area contributed by atoms with Gasteiger partial charge < -0.3 is 5.32 Å². The Hall–Kier alpha value is -4.34. The molecule has 0 aliphatic carbocycles. The van der Waals surface area contributed by atoms with Gasteiger partial charge in [-0.05, 0) is 30.3 Å². The van der Waals surface area contributed by atoms with Crippen LogP contribution in [0.15, 0.2) is 60.9 Å². The molecule has 2 aromatic carbocycles. The molecule has 0 atom stereocenters. The van der Waals surface area contributed by atoms with Gasteiger partial charge in [-0.25, -0.2) is 4.90 Å². The van der Waals surface area contributed by atoms with Crippen LogP contribution in [0.5, 0.6) is 0 Å². The van der Waals surface area contributed by atoms with E-state index in [1.165, 1.54) is 16.9 Å². The van der Waals surface area contributed by atoms with E-state index in [-0.39, 0.29) is 24.3 Å². The van der Waals surface area contributed by atoms with Crippen LogP contribution in [0.3, 0.4) is 0 Å². The van der Waals surface area contributed by atoms with E-state index in [1.807, 2.05) is 0 Å². The molecule has 150 valence electrons. The number of nitro groups is 1. The summed E-state index contributed by atoms with van der Waals surface area (Å²) in [6.07, 6.45) is 2.41. The molecule has 10 heteroatoms. The van der Waals surface area contributed by atoms with E-state index in [0.29, 0.717) is 16.8 Å². The van der Waals surface area contributed by atoms with Crippen LogP contribution in [0.4, 0.5) is 11.4 Å². The Labute approximate surface area is 169 Å². The van der Waals surface area contributed by atoms with Gasteiger partial charge in [0.15, 0.2) is 0 Å². The number of nitrogens with one attached hydrogen (secondary N) is 1. The van der Waals surface area contributed by atoms with Crippen molar-refractivity contribution in [1.82, 2.24) is 15.1 Å². The van der Waals surface area contributed by atoms with Crippen molar-refractivity contribution < 1.29 is 19.3 Å². The van der Waals surface area contributed by atoms with E-state index in [2.05, 4.69) is 10.4 Å². The van der Waals surface area contributed by atoms with Gasteiger partial charge in [0, 0.05) is 12.1 Å². The first-order valence-electron chi connectivity index (χ1n) is 8.98. The average Bonchev–Trinajstić information content (AvgIpc) is 3.32. The number of hydrogen-bond acceptors (Lipinski definition) is 6. The minimum atomic E-state index is -0.549. The number of benzene rings is 2. The molecular formula is C20H15N5O5. The van der Waals surface area contributed by atoms with E-state index >= 15 is 0 Å². The van der Waals surface area contributed by atoms with Crippen molar-refractivity contribution in [2.45, 2.75) is 6.54 Å². The van der Waals surface area contributed by atoms with Crippen molar-refractivity contribution in [3.05, 3.63) is 87.7 Å². The number of carbonyl (C=O) groups is 3. The summed E-state index contributed by atoms with van der Waals surface area (Å²) in [6, 6.07) is 12.8. The molecular weight excluding hydrogens is 390 g/mol. The zero-order chi connectivity index (χ0) is 21.3. The fourth-order valence-electron chi connectivity index (χ4n) is 3.17. The third-order valence-corrected chi connectivity index (χ3v) is 4.62. The molecule has 3 aromatic rings. The van der Waals surface area contributed by atoms with Gasteiger partial charge in [-0.3, -0.25) is 29.2 Å². The lowest BCUT2D eigenvalue weighted by Crippen LogP contribution is -2.30. The smallest absolute Gasteiger partial charge is 0.306 e. The monoisotopic (exact) mass is 405 g/mol. The van der Waals surface area contributed by atoms with Gasteiger partial charge >= 0.3 is 5.69 Å². The normalized spacial score (nSPS) is 12.7. The summed E-state index contributed by atoms with van der Waals surface area (Å²) in [5.74, 6) is -1.28. The lowest BCUT2D eigenvalue weighted by atomic mass is 10.1. The van der Waals surface area contributed by atoms with Crippen LogP contribution in [-0.4, -0.2) is 39.0 Å². The van der Waals surface area contributed by atoms with Gasteiger partial charge in [-0.2, -0.15) is 5.10 Å². The van der Waals surface area contributed by atoms with Crippen molar-refractivity contribution in [1.29, 1.82) is 0 Å². The summed E-state index contributed by atoms with van der Waals surface area (Å²) in [4.78, 5) is 48.9. The van der Waals surface area contributed by atoms with Gasteiger partial charge in [-0.1, -0.05) is 18.2 Å². The topological polar surface area (TPSA) is 127 Å². The predicted octanol–water partition coefficient (Wildman–Crippen LogP) is 2.02. The Bertz CT molecular complexity index is 1150. The predicted molar refractivity (Wildman–Crippen MR) is 105 cm³/mol. The molecule has 1 aromatic heterocycles. The van der Waals surface area contributed by atoms with Crippen LogP contribution in [0.2, 0.25) is 0 Å². The number of anilines is 1. The fraction of sp³-hybridized carbons (Fsp3) is 0.100. The summed E-state index contributed by atoms with van der Waals surface area (Å²) in [7, 11) is 0. The van der Waals surface area contributed by atoms with Crippen molar-refractivity contribution in [2.75, 3.05) is 11.4 Å². The zero-order valence-corrected chi connectivity index (χ0v) is 15.5. The second kappa shape index (κ2) is 7.59. The lowest BCUT2D eigenvalue weighted by molar-refractivity contribution is -0.385. The highest BCUT2D eigenvalue weighted by molar-refractivity contribution is 6.34. The minimum Gasteiger partial charge on any atom is -0.350 e. The number of rotatable bonds is 6. The number of aromatic nitrogens is 2. The van der Waals surface area contributed by atoms with Gasteiger partial charge in [0.2, 0.25) is 0 Å². The van der Waals surface area contributed by atoms with Gasteiger partial charge in [-0.15, -0.1) is 0 Å². The second-order valence-electron chi connectivity index (χ2n) is 6.52. The molecule has 2 heterocycles. The lowest BCUT2D eigenvalue weighted by Gasteiger charge is -2.15. The van der Waals surface area contributed by atoms with Gasteiger partial charge in [0.1, 0.15) is 12.4 Å². The molecule has 3 amide bonds. The number of hydrogen-bond donors (Lipinski definition) is 1. The fourth-order valence-corrected chi connectivity index (χ4v) is 3.17. The Morgan fingerprint density at radius 1 is 1.07 bits per heavy atom. The van der Waals surface area contributed by atoms with Crippen molar-refractivity contribution in [3.8, 4) is 0 Å². The third kappa shape index (κ3) is 3.41. The maximum absolute atomic E-state index is 12.6. The highest BCUT2D eigenvalue weighted by Crippen LogP contribution is 2.28. The van der Waals surface area contributed by atoms with Crippen molar-refractivity contribution >= 4 is 29.1 Å². The first kappa shape index (κ1) is 19.0. The first-order valence-corrected chi connectivity index (χ1v) is 8.98. The zero-order valence-electron chi connectivity index (χ0n) is 15.5. The summed E-state index contributed by atoms with van der Waals surface area (Å²) < 4.78 is 1.35. The number of nitrogens with zero attached hydrogens (tertiary/aromatic N) is 4. The van der Waals surface area contributed by atoms with Gasteiger partial charge in [0.25, 0.3) is 17.7 Å². The van der Waals surface area contributed by atoms with Crippen LogP contribution >= 0.6 is 0 Å². The maximum atomic E-state index is 12.6. The average molecular weight is 405 g/mol. The standard InChI is InChI=1S/C20H15N5O5/c26-18(21-8-9-23-12-15(11-22-23)25(29)30)13-4-3-5-14(10-13)24-19(27)16-6-1-2-7-17(16)20(24)28/h1-7,10-12H,8-9H2,(H,21,26). The largest absolute Gasteiger partial charge is 0.350 e. The molecule has 30 heavy (non-hydrogen) atoms. The molecule has 0 fully saturated rings. The number of carbonyl (C=O) groups excluding carboxylic acids is 3. The number of fused-ring (bicyclic) bond motifs is 1. The highest BCUT2D eigenvalue weighted by atomic mass is 16.6. The van der Waals surface area contributed by atoms with Crippen LogP contribution in [0, 0.1) is 10.1 Å². The summed E-state index contributed by atoms with van der Waals surface area (Å²) in [5, 5.41) is 17.2. The Balaban J connectivity index is 1.44. The van der Waals surface area contributed by atoms with Crippen LogP contribution in [0.1, 0.15) is 31.1 Å². The van der Waals surface area contributed by atoms with E-state index in [4.69, 9.17) is 0 Å². The van der Waals surface area contributed by atoms with E-state index in [1.54, 1.807) is 42.5 Å². The molecule has 0 spiro atoms. The molecule has 1 N–H and O–H groups in total. The van der Waals surface area contributed by atoms with Crippen molar-refractivity contribution in [3.63, 3.8) is 0 Å². The highest BCUT2D eigenvalue weighted by Gasteiger charge is 2.36. The Morgan fingerprint density at radius 2 is 1.77 bits per heavy atom. The Morgan fingerprint density at radius 3 is 2.40 bits per heavy atom. The van der Waals surface area contributed by atoms with E-state index in [0.717, 1.165) is 11.1 Å². The van der Waals surface area contributed by atoms with E-state index in [9.17, 15) is 24.5 Å². The van der Waals surface area contributed by atoms with Crippen LogP contribution in [0.25, 0.3) is 0 Å². The van der Waals surface area contributed by atoms with E-state index < -0.39 is 22.6 Å².